The van der Waals surface area contributed by atoms with Gasteiger partial charge in [-0.25, -0.2) is 0 Å². The Bertz CT molecular complexity index is 574. The third kappa shape index (κ3) is 6.05. The molecule has 0 aliphatic carbocycles. The maximum absolute atomic E-state index is 11.4. The molecule has 1 aromatic carbocycles. The summed E-state index contributed by atoms with van der Waals surface area (Å²) in [6.07, 6.45) is 3.20. The van der Waals surface area contributed by atoms with E-state index in [0.29, 0.717) is 18.1 Å². The maximum Gasteiger partial charge on any atom is 0.248 e. The first-order valence-corrected chi connectivity index (χ1v) is 9.01. The van der Waals surface area contributed by atoms with Gasteiger partial charge in [0.05, 0.1) is 6.61 Å². The molecule has 2 atom stereocenters. The number of ether oxygens (including phenoxy) is 1. The first kappa shape index (κ1) is 19.2. The summed E-state index contributed by atoms with van der Waals surface area (Å²) in [5, 5.41) is 3.09. The second-order valence-electron chi connectivity index (χ2n) is 6.71. The van der Waals surface area contributed by atoms with Gasteiger partial charge in [0.2, 0.25) is 11.8 Å². The van der Waals surface area contributed by atoms with Crippen molar-refractivity contribution in [3.05, 3.63) is 29.8 Å². The van der Waals surface area contributed by atoms with Crippen LogP contribution in [0.2, 0.25) is 0 Å². The van der Waals surface area contributed by atoms with Crippen molar-refractivity contribution in [1.29, 1.82) is 0 Å². The number of likely N-dealkylation sites (tertiary alicyclic amines) is 1. The number of hydrogen-bond acceptors (Lipinski definition) is 4. The van der Waals surface area contributed by atoms with Crippen molar-refractivity contribution in [3.8, 4) is 5.75 Å². The van der Waals surface area contributed by atoms with E-state index in [1.807, 2.05) is 0 Å². The largest absolute Gasteiger partial charge is 0.494 e. The van der Waals surface area contributed by atoms with Gasteiger partial charge < -0.3 is 20.7 Å². The average Bonchev–Trinajstić information content (AvgIpc) is 2.93. The van der Waals surface area contributed by atoms with Crippen LogP contribution in [-0.4, -0.2) is 49.0 Å². The number of benzene rings is 1. The first-order valence-electron chi connectivity index (χ1n) is 9.01. The van der Waals surface area contributed by atoms with E-state index in [1.165, 1.54) is 0 Å². The van der Waals surface area contributed by atoms with Crippen molar-refractivity contribution >= 4 is 11.8 Å². The topological polar surface area (TPSA) is 84.7 Å². The molecule has 2 amide bonds. The molecule has 6 nitrogen and oxygen atoms in total. The Morgan fingerprint density at radius 3 is 2.60 bits per heavy atom. The second kappa shape index (κ2) is 9.42. The molecule has 0 unspecified atom stereocenters. The number of carbonyl (C=O) groups is 2. The molecule has 2 rings (SSSR count). The Kier molecular flexibility index (Phi) is 7.25. The highest BCUT2D eigenvalue weighted by Crippen LogP contribution is 2.22. The molecular weight excluding hydrogens is 318 g/mol. The van der Waals surface area contributed by atoms with E-state index in [4.69, 9.17) is 10.5 Å². The lowest BCUT2D eigenvalue weighted by atomic mass is 9.98. The van der Waals surface area contributed by atoms with Crippen LogP contribution in [0.1, 0.15) is 43.5 Å². The molecule has 1 fully saturated rings. The van der Waals surface area contributed by atoms with Gasteiger partial charge in [0.25, 0.3) is 0 Å². The molecule has 1 aromatic rings. The zero-order valence-corrected chi connectivity index (χ0v) is 15.2. The third-order valence-corrected chi connectivity index (χ3v) is 4.59. The predicted octanol–water partition coefficient (Wildman–Crippen LogP) is 1.79. The molecule has 1 saturated heterocycles. The monoisotopic (exact) mass is 347 g/mol. The van der Waals surface area contributed by atoms with Crippen LogP contribution in [0.4, 0.5) is 0 Å². The molecule has 25 heavy (non-hydrogen) atoms. The van der Waals surface area contributed by atoms with Crippen LogP contribution in [0.15, 0.2) is 24.3 Å². The molecular formula is C19H29N3O3. The number of nitrogens with one attached hydrogen (secondary N) is 1. The Hall–Kier alpha value is -2.08. The number of nitrogens with zero attached hydrogens (tertiary/aromatic N) is 1. The fourth-order valence-corrected chi connectivity index (χ4v) is 3.42. The lowest BCUT2D eigenvalue weighted by Gasteiger charge is -2.18. The molecule has 0 spiro atoms. The summed E-state index contributed by atoms with van der Waals surface area (Å²) in [7, 11) is 0. The molecule has 1 aliphatic rings. The van der Waals surface area contributed by atoms with Gasteiger partial charge in [0, 0.05) is 38.2 Å². The minimum Gasteiger partial charge on any atom is -0.494 e. The minimum atomic E-state index is -0.434. The second-order valence-corrected chi connectivity index (χ2v) is 6.71. The highest BCUT2D eigenvalue weighted by Gasteiger charge is 2.32. The highest BCUT2D eigenvalue weighted by molar-refractivity contribution is 5.92. The summed E-state index contributed by atoms with van der Waals surface area (Å²) in [5.41, 5.74) is 5.70. The molecule has 1 heterocycles. The maximum atomic E-state index is 11.4. The van der Waals surface area contributed by atoms with Gasteiger partial charge in [-0.15, -0.1) is 0 Å². The van der Waals surface area contributed by atoms with Crippen LogP contribution in [0.25, 0.3) is 0 Å². The van der Waals surface area contributed by atoms with Crippen LogP contribution in [-0.2, 0) is 4.79 Å². The van der Waals surface area contributed by atoms with E-state index in [2.05, 4.69) is 17.1 Å². The van der Waals surface area contributed by atoms with Gasteiger partial charge in [0.15, 0.2) is 0 Å². The fraction of sp³-hybridized carbons (Fsp3) is 0.579. The van der Waals surface area contributed by atoms with Crippen molar-refractivity contribution < 1.29 is 14.3 Å². The lowest BCUT2D eigenvalue weighted by molar-refractivity contribution is -0.119. The van der Waals surface area contributed by atoms with E-state index in [0.717, 1.165) is 44.6 Å². The quantitative estimate of drug-likeness (QED) is 0.667. The molecule has 0 aromatic heterocycles. The van der Waals surface area contributed by atoms with E-state index in [-0.39, 0.29) is 11.9 Å². The molecule has 0 saturated carbocycles. The van der Waals surface area contributed by atoms with E-state index >= 15 is 0 Å². The molecule has 138 valence electrons. The summed E-state index contributed by atoms with van der Waals surface area (Å²) in [4.78, 5) is 24.8. The number of nitrogens with two attached hydrogens (primary N) is 1. The van der Waals surface area contributed by atoms with Crippen molar-refractivity contribution in [1.82, 2.24) is 10.2 Å². The molecule has 3 N–H and O–H groups in total. The van der Waals surface area contributed by atoms with Crippen molar-refractivity contribution in [2.45, 2.75) is 39.2 Å². The van der Waals surface area contributed by atoms with Crippen molar-refractivity contribution in [2.75, 3.05) is 26.2 Å². The van der Waals surface area contributed by atoms with Gasteiger partial charge >= 0.3 is 0 Å². The van der Waals surface area contributed by atoms with E-state index in [9.17, 15) is 9.59 Å². The number of primary amides is 1. The third-order valence-electron chi connectivity index (χ3n) is 4.59. The van der Waals surface area contributed by atoms with Gasteiger partial charge in [-0.05, 0) is 43.0 Å². The van der Waals surface area contributed by atoms with Gasteiger partial charge in [-0.2, -0.15) is 0 Å². The normalized spacial score (nSPS) is 20.4. The van der Waals surface area contributed by atoms with Gasteiger partial charge in [0.1, 0.15) is 5.75 Å². The summed E-state index contributed by atoms with van der Waals surface area (Å²) >= 11 is 0. The molecule has 1 aliphatic heterocycles. The summed E-state index contributed by atoms with van der Waals surface area (Å²) < 4.78 is 5.72. The Morgan fingerprint density at radius 2 is 2.00 bits per heavy atom. The molecule has 6 heteroatoms. The highest BCUT2D eigenvalue weighted by atomic mass is 16.5. The smallest absolute Gasteiger partial charge is 0.248 e. The lowest BCUT2D eigenvalue weighted by Crippen LogP contribution is -2.39. The number of amides is 2. The average molecular weight is 347 g/mol. The number of hydrogen-bond donors (Lipinski definition) is 2. The molecule has 0 radical (unpaired) electrons. The summed E-state index contributed by atoms with van der Waals surface area (Å²) in [5.74, 6) is 0.897. The first-order chi connectivity index (χ1) is 12.0. The SMILES string of the molecule is CCC[C@@H]1CN(CCCOc2ccc(C(N)=O)cc2)C[C@H]1NC(C)=O. The summed E-state index contributed by atoms with van der Waals surface area (Å²) in [6.45, 7) is 7.29. The van der Waals surface area contributed by atoms with Crippen LogP contribution in [0, 0.1) is 5.92 Å². The van der Waals surface area contributed by atoms with Crippen LogP contribution < -0.4 is 15.8 Å². The van der Waals surface area contributed by atoms with Gasteiger partial charge in [-0.3, -0.25) is 9.59 Å². The van der Waals surface area contributed by atoms with E-state index < -0.39 is 5.91 Å². The van der Waals surface area contributed by atoms with Crippen molar-refractivity contribution in [3.63, 3.8) is 0 Å². The van der Waals surface area contributed by atoms with E-state index in [1.54, 1.807) is 31.2 Å². The van der Waals surface area contributed by atoms with Crippen LogP contribution in [0.5, 0.6) is 5.75 Å². The predicted molar refractivity (Wildman–Crippen MR) is 97.5 cm³/mol. The van der Waals surface area contributed by atoms with Crippen LogP contribution >= 0.6 is 0 Å². The van der Waals surface area contributed by atoms with Crippen molar-refractivity contribution in [2.24, 2.45) is 11.7 Å². The standard InChI is InChI=1S/C19H29N3O3/c1-3-5-16-12-22(13-18(16)21-14(2)23)10-4-11-25-17-8-6-15(7-9-17)19(20)24/h6-9,16,18H,3-5,10-13H2,1-2H3,(H2,20,24)(H,21,23)/t16-,18-/m1/s1. The van der Waals surface area contributed by atoms with Gasteiger partial charge in [-0.1, -0.05) is 13.3 Å². The summed E-state index contributed by atoms with van der Waals surface area (Å²) in [6, 6.07) is 7.14. The minimum absolute atomic E-state index is 0.0516. The Labute approximate surface area is 149 Å². The number of rotatable bonds is 9. The Balaban J connectivity index is 1.72. The zero-order chi connectivity index (χ0) is 18.2. The van der Waals surface area contributed by atoms with Crippen LogP contribution in [0.3, 0.4) is 0 Å². The zero-order valence-electron chi connectivity index (χ0n) is 15.2. The molecule has 0 bridgehead atoms. The Morgan fingerprint density at radius 1 is 1.28 bits per heavy atom. The fourth-order valence-electron chi connectivity index (χ4n) is 3.42. The number of carbonyl (C=O) groups excluding carboxylic acids is 2.